The molecule has 1 aromatic rings. The van der Waals surface area contributed by atoms with Crippen LogP contribution in [0.3, 0.4) is 0 Å². The van der Waals surface area contributed by atoms with E-state index in [4.69, 9.17) is 0 Å². The zero-order valence-electron chi connectivity index (χ0n) is 8.22. The third-order valence-corrected chi connectivity index (χ3v) is 1.88. The van der Waals surface area contributed by atoms with Crippen molar-refractivity contribution in [2.75, 3.05) is 0 Å². The Hall–Kier alpha value is 0.0200. The molecule has 0 heterocycles. The van der Waals surface area contributed by atoms with Crippen LogP contribution in [0.5, 0.6) is 5.75 Å². The molecular formula is C10H13NaO. The van der Waals surface area contributed by atoms with Crippen molar-refractivity contribution >= 4 is 0 Å². The average Bonchev–Trinajstić information content (AvgIpc) is 1.94. The molecule has 0 aliphatic heterocycles. The largest absolute Gasteiger partial charge is 1.00 e. The van der Waals surface area contributed by atoms with Crippen molar-refractivity contribution in [3.63, 3.8) is 0 Å². The summed E-state index contributed by atoms with van der Waals surface area (Å²) in [4.78, 5) is 0. The maximum Gasteiger partial charge on any atom is 1.00 e. The van der Waals surface area contributed by atoms with Crippen molar-refractivity contribution in [2.24, 2.45) is 0 Å². The van der Waals surface area contributed by atoms with Crippen LogP contribution in [-0.2, 0) is 0 Å². The molecule has 12 heavy (non-hydrogen) atoms. The summed E-state index contributed by atoms with van der Waals surface area (Å²) in [5.74, 6) is 0.597. The third-order valence-electron chi connectivity index (χ3n) is 1.88. The summed E-state index contributed by atoms with van der Waals surface area (Å²) >= 11 is 0. The molecule has 0 radical (unpaired) electrons. The van der Waals surface area contributed by atoms with E-state index >= 15 is 0 Å². The van der Waals surface area contributed by atoms with Gasteiger partial charge < -0.3 is 5.11 Å². The van der Waals surface area contributed by atoms with Crippen LogP contribution in [0.2, 0.25) is 0 Å². The monoisotopic (exact) mass is 172 g/mol. The molecule has 1 nitrogen and oxygen atoms in total. The van der Waals surface area contributed by atoms with E-state index in [9.17, 15) is 5.11 Å². The van der Waals surface area contributed by atoms with Crippen molar-refractivity contribution in [1.82, 2.24) is 0 Å². The zero-order chi connectivity index (χ0) is 8.43. The van der Waals surface area contributed by atoms with Crippen molar-refractivity contribution in [1.29, 1.82) is 0 Å². The van der Waals surface area contributed by atoms with E-state index in [1.54, 1.807) is 6.07 Å². The summed E-state index contributed by atoms with van der Waals surface area (Å²) < 4.78 is 0. The molecule has 0 amide bonds. The number of aryl methyl sites for hydroxylation is 1. The van der Waals surface area contributed by atoms with Gasteiger partial charge in [0.1, 0.15) is 0 Å². The fourth-order valence-electron chi connectivity index (χ4n) is 0.976. The van der Waals surface area contributed by atoms with Crippen molar-refractivity contribution in [3.8, 4) is 5.75 Å². The molecule has 0 spiro atoms. The topological polar surface area (TPSA) is 23.1 Å². The Morgan fingerprint density at radius 3 is 2.25 bits per heavy atom. The average molecular weight is 172 g/mol. The number of hydrogen-bond donors (Lipinski definition) is 0. The first kappa shape index (κ1) is 12.0. The van der Waals surface area contributed by atoms with Crippen LogP contribution in [-0.4, -0.2) is 0 Å². The van der Waals surface area contributed by atoms with Crippen LogP contribution in [0, 0.1) is 6.92 Å². The van der Waals surface area contributed by atoms with Crippen molar-refractivity contribution < 1.29 is 34.7 Å². The fraction of sp³-hybridized carbons (Fsp3) is 0.400. The summed E-state index contributed by atoms with van der Waals surface area (Å²) in [5.41, 5.74) is 1.95. The predicted molar refractivity (Wildman–Crippen MR) is 44.7 cm³/mol. The van der Waals surface area contributed by atoms with Gasteiger partial charge in [0, 0.05) is 0 Å². The first-order valence-corrected chi connectivity index (χ1v) is 3.89. The molecule has 0 unspecified atom stereocenters. The molecule has 0 aliphatic carbocycles. The van der Waals surface area contributed by atoms with Gasteiger partial charge in [-0.15, -0.1) is 5.75 Å². The minimum absolute atomic E-state index is 0. The maximum absolute atomic E-state index is 11.1. The molecule has 0 aliphatic rings. The Bertz CT molecular complexity index is 256. The van der Waals surface area contributed by atoms with Gasteiger partial charge in [-0.3, -0.25) is 0 Å². The van der Waals surface area contributed by atoms with Crippen molar-refractivity contribution in [2.45, 2.75) is 26.7 Å². The summed E-state index contributed by atoms with van der Waals surface area (Å²) in [7, 11) is 0. The second-order valence-electron chi connectivity index (χ2n) is 3.18. The number of hydrogen-bond acceptors (Lipinski definition) is 1. The molecule has 0 N–H and O–H groups in total. The Morgan fingerprint density at radius 1 is 1.25 bits per heavy atom. The van der Waals surface area contributed by atoms with Gasteiger partial charge in [-0.2, -0.15) is 0 Å². The van der Waals surface area contributed by atoms with E-state index in [0.29, 0.717) is 5.92 Å². The van der Waals surface area contributed by atoms with Gasteiger partial charge in [-0.05, 0) is 18.4 Å². The first-order valence-electron chi connectivity index (χ1n) is 3.89. The molecule has 0 atom stereocenters. The van der Waals surface area contributed by atoms with Crippen LogP contribution in [0.15, 0.2) is 18.2 Å². The minimum Gasteiger partial charge on any atom is -0.872 e. The Morgan fingerprint density at radius 2 is 1.83 bits per heavy atom. The smallest absolute Gasteiger partial charge is 0.872 e. The molecule has 0 bridgehead atoms. The van der Waals surface area contributed by atoms with Gasteiger partial charge in [-0.1, -0.05) is 37.6 Å². The second-order valence-corrected chi connectivity index (χ2v) is 3.18. The summed E-state index contributed by atoms with van der Waals surface area (Å²) in [6.45, 7) is 6.01. The molecule has 0 fully saturated rings. The fourth-order valence-corrected chi connectivity index (χ4v) is 0.976. The van der Waals surface area contributed by atoms with Crippen LogP contribution in [0.1, 0.15) is 30.9 Å². The Kier molecular flexibility index (Phi) is 4.91. The molecule has 60 valence electrons. The molecule has 1 rings (SSSR count). The van der Waals surface area contributed by atoms with E-state index in [2.05, 4.69) is 13.8 Å². The molecule has 1 aromatic carbocycles. The standard InChI is InChI=1S/C10H14O.Na/c1-7(2)9-5-4-8(3)10(11)6-9;/h4-7,11H,1-3H3;/q;+1/p-1. The first-order chi connectivity index (χ1) is 5.11. The minimum atomic E-state index is 0. The summed E-state index contributed by atoms with van der Waals surface area (Å²) in [6.07, 6.45) is 0. The number of rotatable bonds is 1. The van der Waals surface area contributed by atoms with E-state index in [1.807, 2.05) is 19.1 Å². The van der Waals surface area contributed by atoms with Crippen LogP contribution < -0.4 is 34.7 Å². The molecule has 2 heteroatoms. The molecule has 0 saturated heterocycles. The zero-order valence-corrected chi connectivity index (χ0v) is 10.2. The number of benzene rings is 1. The van der Waals surface area contributed by atoms with Gasteiger partial charge in [0.05, 0.1) is 0 Å². The maximum atomic E-state index is 11.1. The van der Waals surface area contributed by atoms with Crippen LogP contribution in [0.4, 0.5) is 0 Å². The van der Waals surface area contributed by atoms with Gasteiger partial charge in [0.2, 0.25) is 0 Å². The quantitative estimate of drug-likeness (QED) is 0.508. The van der Waals surface area contributed by atoms with Gasteiger partial charge in [0.15, 0.2) is 0 Å². The van der Waals surface area contributed by atoms with Crippen LogP contribution >= 0.6 is 0 Å². The normalized spacial score (nSPS) is 9.67. The van der Waals surface area contributed by atoms with Gasteiger partial charge in [-0.25, -0.2) is 0 Å². The Balaban J connectivity index is 0.00000121. The third kappa shape index (κ3) is 2.81. The molecule has 0 aromatic heterocycles. The van der Waals surface area contributed by atoms with E-state index in [-0.39, 0.29) is 35.3 Å². The van der Waals surface area contributed by atoms with Crippen LogP contribution in [0.25, 0.3) is 0 Å². The molecule has 0 saturated carbocycles. The Labute approximate surface area is 96.1 Å². The van der Waals surface area contributed by atoms with Gasteiger partial charge in [0.25, 0.3) is 0 Å². The van der Waals surface area contributed by atoms with E-state index in [1.165, 1.54) is 0 Å². The van der Waals surface area contributed by atoms with E-state index in [0.717, 1.165) is 11.1 Å². The van der Waals surface area contributed by atoms with E-state index < -0.39 is 0 Å². The SMILES string of the molecule is Cc1ccc(C(C)C)cc1[O-].[Na+]. The summed E-state index contributed by atoms with van der Waals surface area (Å²) in [5, 5.41) is 11.1. The second kappa shape index (κ2) is 4.90. The predicted octanol–water partition coefficient (Wildman–Crippen LogP) is -0.804. The van der Waals surface area contributed by atoms with Crippen molar-refractivity contribution in [3.05, 3.63) is 29.3 Å². The molecular weight excluding hydrogens is 159 g/mol. The summed E-state index contributed by atoms with van der Waals surface area (Å²) in [6, 6.07) is 5.62. The van der Waals surface area contributed by atoms with Gasteiger partial charge >= 0.3 is 29.6 Å².